The Morgan fingerprint density at radius 1 is 1.38 bits per heavy atom. The third-order valence-electron chi connectivity index (χ3n) is 1.71. The van der Waals surface area contributed by atoms with Gasteiger partial charge in [0.1, 0.15) is 0 Å². The second-order valence-corrected chi connectivity index (χ2v) is 2.73. The summed E-state index contributed by atoms with van der Waals surface area (Å²) in [6, 6.07) is 0. The third-order valence-corrected chi connectivity index (χ3v) is 1.71. The van der Waals surface area contributed by atoms with Gasteiger partial charge in [-0.1, -0.05) is 0 Å². The normalized spacial score (nSPS) is 15.5. The van der Waals surface area contributed by atoms with Crippen LogP contribution in [0.4, 0.5) is 0 Å². The molecule has 0 aromatic carbocycles. The first-order valence-corrected chi connectivity index (χ1v) is 3.93. The van der Waals surface area contributed by atoms with E-state index in [1.165, 1.54) is 12.2 Å². The number of imide groups is 1. The molecule has 0 aliphatic carbocycles. The second kappa shape index (κ2) is 3.84. The Kier molecular flexibility index (Phi) is 2.79. The van der Waals surface area contributed by atoms with Gasteiger partial charge in [0.25, 0.3) is 11.8 Å². The van der Waals surface area contributed by atoms with Gasteiger partial charge in [-0.05, 0) is 6.42 Å². The van der Waals surface area contributed by atoms with E-state index >= 15 is 0 Å². The summed E-state index contributed by atoms with van der Waals surface area (Å²) < 4.78 is 0. The lowest BCUT2D eigenvalue weighted by atomic mass is 10.3. The van der Waals surface area contributed by atoms with Crippen molar-refractivity contribution in [3.05, 3.63) is 12.2 Å². The number of hydrogen-bond acceptors (Lipinski definition) is 3. The lowest BCUT2D eigenvalue weighted by Crippen LogP contribution is -2.31. The Labute approximate surface area is 76.7 Å². The van der Waals surface area contributed by atoms with Crippen molar-refractivity contribution >= 4 is 17.7 Å². The molecule has 0 atom stereocenters. The molecular formula is C8H12N2O3. The van der Waals surface area contributed by atoms with Crippen LogP contribution in [0.2, 0.25) is 0 Å². The van der Waals surface area contributed by atoms with Crippen LogP contribution in [-0.4, -0.2) is 29.2 Å². The molecule has 0 fully saturated rings. The highest BCUT2D eigenvalue weighted by molar-refractivity contribution is 6.12. The van der Waals surface area contributed by atoms with Gasteiger partial charge in [0.05, 0.1) is 0 Å². The summed E-state index contributed by atoms with van der Waals surface area (Å²) >= 11 is 0. The number of primary amides is 1. The van der Waals surface area contributed by atoms with Crippen molar-refractivity contribution in [3.8, 4) is 0 Å². The van der Waals surface area contributed by atoms with Crippen molar-refractivity contribution in [2.75, 3.05) is 6.54 Å². The van der Waals surface area contributed by atoms with Gasteiger partial charge in [0.15, 0.2) is 0 Å². The van der Waals surface area contributed by atoms with Crippen LogP contribution in [0.1, 0.15) is 14.3 Å². The molecule has 0 radical (unpaired) electrons. The van der Waals surface area contributed by atoms with E-state index in [1.54, 1.807) is 0 Å². The molecule has 0 bridgehead atoms. The van der Waals surface area contributed by atoms with E-state index in [2.05, 4.69) is 0 Å². The molecular weight excluding hydrogens is 172 g/mol. The predicted octanol–water partition coefficient (Wildman–Crippen LogP) is -0.577. The van der Waals surface area contributed by atoms with Crippen molar-refractivity contribution < 1.29 is 15.8 Å². The summed E-state index contributed by atoms with van der Waals surface area (Å²) in [6.45, 7) is 0.258. The highest BCUT2D eigenvalue weighted by atomic mass is 16.2. The third kappa shape index (κ3) is 2.40. The van der Waals surface area contributed by atoms with Gasteiger partial charge < -0.3 is 5.73 Å². The van der Waals surface area contributed by atoms with Crippen LogP contribution in [-0.2, 0) is 14.4 Å². The first kappa shape index (κ1) is 9.44. The smallest absolute Gasteiger partial charge is 0.253 e. The van der Waals surface area contributed by atoms with Crippen LogP contribution in [0, 0.1) is 0 Å². The molecule has 0 unspecified atom stereocenters. The SMILES string of the molecule is NC(=O)CCCN1C(=O)C=CC1=O.[HH]. The molecule has 1 aliphatic rings. The number of nitrogens with two attached hydrogens (primary N) is 1. The minimum absolute atomic E-state index is 0. The van der Waals surface area contributed by atoms with E-state index in [0.29, 0.717) is 6.42 Å². The monoisotopic (exact) mass is 184 g/mol. The maximum absolute atomic E-state index is 11.0. The molecule has 1 rings (SSSR count). The number of carbonyl (C=O) groups is 3. The fraction of sp³-hybridized carbons (Fsp3) is 0.375. The van der Waals surface area contributed by atoms with Crippen LogP contribution in [0.3, 0.4) is 0 Å². The van der Waals surface area contributed by atoms with Crippen LogP contribution in [0.25, 0.3) is 0 Å². The van der Waals surface area contributed by atoms with E-state index < -0.39 is 5.91 Å². The van der Waals surface area contributed by atoms with Crippen LogP contribution in [0.15, 0.2) is 12.2 Å². The van der Waals surface area contributed by atoms with Gasteiger partial charge >= 0.3 is 0 Å². The lowest BCUT2D eigenvalue weighted by molar-refractivity contribution is -0.137. The molecule has 13 heavy (non-hydrogen) atoms. The molecule has 5 heteroatoms. The van der Waals surface area contributed by atoms with Crippen LogP contribution in [0.5, 0.6) is 0 Å². The fourth-order valence-corrected chi connectivity index (χ4v) is 1.06. The molecule has 0 saturated carbocycles. The van der Waals surface area contributed by atoms with Crippen LogP contribution >= 0.6 is 0 Å². The number of amides is 3. The highest BCUT2D eigenvalue weighted by Crippen LogP contribution is 2.04. The van der Waals surface area contributed by atoms with E-state index in [4.69, 9.17) is 5.73 Å². The zero-order chi connectivity index (χ0) is 9.84. The Hall–Kier alpha value is -1.65. The zero-order valence-electron chi connectivity index (χ0n) is 7.03. The van der Waals surface area contributed by atoms with Crippen molar-refractivity contribution in [3.63, 3.8) is 0 Å². The van der Waals surface area contributed by atoms with Gasteiger partial charge in [-0.25, -0.2) is 0 Å². The largest absolute Gasteiger partial charge is 0.370 e. The molecule has 1 aliphatic heterocycles. The summed E-state index contributed by atoms with van der Waals surface area (Å²) in [4.78, 5) is 33.4. The lowest BCUT2D eigenvalue weighted by Gasteiger charge is -2.12. The topological polar surface area (TPSA) is 80.5 Å². The molecule has 3 amide bonds. The van der Waals surface area contributed by atoms with Crippen molar-refractivity contribution in [2.24, 2.45) is 5.73 Å². The quantitative estimate of drug-likeness (QED) is 0.594. The average molecular weight is 184 g/mol. The molecule has 0 aromatic rings. The second-order valence-electron chi connectivity index (χ2n) is 2.73. The Balaban J connectivity index is 0.00000169. The first-order chi connectivity index (χ1) is 6.11. The van der Waals surface area contributed by atoms with E-state index in [9.17, 15) is 14.4 Å². The molecule has 5 nitrogen and oxygen atoms in total. The predicted molar refractivity (Wildman–Crippen MR) is 46.4 cm³/mol. The average Bonchev–Trinajstić information content (AvgIpc) is 2.34. The summed E-state index contributed by atoms with van der Waals surface area (Å²) in [6.07, 6.45) is 3.05. The van der Waals surface area contributed by atoms with Gasteiger partial charge in [-0.15, -0.1) is 0 Å². The molecule has 0 spiro atoms. The van der Waals surface area contributed by atoms with Crippen molar-refractivity contribution in [2.45, 2.75) is 12.8 Å². The van der Waals surface area contributed by atoms with E-state index in [0.717, 1.165) is 4.90 Å². The molecule has 0 saturated heterocycles. The maximum atomic E-state index is 11.0. The minimum atomic E-state index is -0.424. The molecule has 72 valence electrons. The molecule has 0 aromatic heterocycles. The number of rotatable bonds is 4. The summed E-state index contributed by atoms with van der Waals surface area (Å²) in [7, 11) is 0. The van der Waals surface area contributed by atoms with Crippen molar-refractivity contribution in [1.29, 1.82) is 0 Å². The summed E-state index contributed by atoms with van der Waals surface area (Å²) in [5, 5.41) is 0. The van der Waals surface area contributed by atoms with E-state index in [-0.39, 0.29) is 26.2 Å². The van der Waals surface area contributed by atoms with Gasteiger partial charge in [-0.3, -0.25) is 19.3 Å². The maximum Gasteiger partial charge on any atom is 0.253 e. The Morgan fingerprint density at radius 3 is 2.38 bits per heavy atom. The highest BCUT2D eigenvalue weighted by Gasteiger charge is 2.22. The van der Waals surface area contributed by atoms with Crippen LogP contribution < -0.4 is 5.73 Å². The first-order valence-electron chi connectivity index (χ1n) is 3.93. The Morgan fingerprint density at radius 2 is 1.92 bits per heavy atom. The minimum Gasteiger partial charge on any atom is -0.370 e. The molecule has 2 N–H and O–H groups in total. The van der Waals surface area contributed by atoms with Gasteiger partial charge in [-0.2, -0.15) is 0 Å². The summed E-state index contributed by atoms with van der Waals surface area (Å²) in [5.74, 6) is -1.07. The van der Waals surface area contributed by atoms with Gasteiger partial charge in [0, 0.05) is 26.5 Å². The Bertz CT molecular complexity index is 270. The fourth-order valence-electron chi connectivity index (χ4n) is 1.06. The van der Waals surface area contributed by atoms with Crippen molar-refractivity contribution in [1.82, 2.24) is 4.90 Å². The number of nitrogens with zero attached hydrogens (tertiary/aromatic N) is 1. The number of carbonyl (C=O) groups excluding carboxylic acids is 3. The number of hydrogen-bond donors (Lipinski definition) is 1. The summed E-state index contributed by atoms with van der Waals surface area (Å²) in [5.41, 5.74) is 4.90. The standard InChI is InChI=1S/C8H10N2O3.H2/c9-6(11)2-1-5-10-7(12)3-4-8(10)13;/h3-4H,1-2,5H2,(H2,9,11);1H. The van der Waals surface area contributed by atoms with E-state index in [1.807, 2.05) is 0 Å². The molecule has 1 heterocycles. The zero-order valence-corrected chi connectivity index (χ0v) is 7.03. The van der Waals surface area contributed by atoms with Gasteiger partial charge in [0.2, 0.25) is 5.91 Å².